The Balaban J connectivity index is 2.13. The number of nitrogens with one attached hydrogen (secondary N) is 1. The van der Waals surface area contributed by atoms with Crippen molar-refractivity contribution in [3.8, 4) is 6.07 Å². The van der Waals surface area contributed by atoms with E-state index in [1.807, 2.05) is 13.1 Å². The second-order valence-corrected chi connectivity index (χ2v) is 4.79. The molecular weight excluding hydrogens is 229 g/mol. The van der Waals surface area contributed by atoms with Gasteiger partial charge in [-0.15, -0.1) is 0 Å². The first-order valence-electron chi connectivity index (χ1n) is 6.33. The van der Waals surface area contributed by atoms with Crippen LogP contribution in [-0.2, 0) is 0 Å². The molecule has 3 nitrogen and oxygen atoms in total. The van der Waals surface area contributed by atoms with Crippen LogP contribution >= 0.6 is 0 Å². The van der Waals surface area contributed by atoms with Gasteiger partial charge in [-0.2, -0.15) is 5.26 Å². The topological polar surface area (TPSA) is 39.1 Å². The molecule has 2 rings (SSSR count). The summed E-state index contributed by atoms with van der Waals surface area (Å²) in [5.74, 6) is 0.276. The molecule has 0 saturated carbocycles. The molecule has 0 aromatic heterocycles. The summed E-state index contributed by atoms with van der Waals surface area (Å²) in [5, 5.41) is 11.9. The monoisotopic (exact) mass is 247 g/mol. The first-order chi connectivity index (χ1) is 8.74. The third-order valence-electron chi connectivity index (χ3n) is 3.43. The number of benzene rings is 1. The second kappa shape index (κ2) is 5.83. The smallest absolute Gasteiger partial charge is 0.147 e. The van der Waals surface area contributed by atoms with Crippen molar-refractivity contribution in [1.82, 2.24) is 5.32 Å². The Kier molecular flexibility index (Phi) is 4.16. The summed E-state index contributed by atoms with van der Waals surface area (Å²) in [5.41, 5.74) is 0.995. The number of hydrogen-bond acceptors (Lipinski definition) is 3. The largest absolute Gasteiger partial charge is 0.369 e. The Labute approximate surface area is 107 Å². The molecule has 1 saturated heterocycles. The molecule has 96 valence electrons. The number of hydrogen-bond donors (Lipinski definition) is 1. The van der Waals surface area contributed by atoms with Crippen molar-refractivity contribution in [3.63, 3.8) is 0 Å². The molecule has 0 amide bonds. The lowest BCUT2D eigenvalue weighted by Gasteiger charge is -2.34. The molecule has 1 aromatic carbocycles. The number of halogens is 1. The summed E-state index contributed by atoms with van der Waals surface area (Å²) in [6.07, 6.45) is 2.28. The molecule has 1 heterocycles. The molecule has 1 aromatic rings. The van der Waals surface area contributed by atoms with E-state index in [0.29, 0.717) is 17.2 Å². The van der Waals surface area contributed by atoms with Crippen molar-refractivity contribution in [1.29, 1.82) is 5.26 Å². The van der Waals surface area contributed by atoms with Crippen LogP contribution in [0.3, 0.4) is 0 Å². The summed E-state index contributed by atoms with van der Waals surface area (Å²) in [6, 6.07) is 6.67. The van der Waals surface area contributed by atoms with Crippen LogP contribution in [-0.4, -0.2) is 26.7 Å². The molecule has 4 heteroatoms. The van der Waals surface area contributed by atoms with Gasteiger partial charge in [0, 0.05) is 13.1 Å². The highest BCUT2D eigenvalue weighted by Crippen LogP contribution is 2.26. The predicted molar refractivity (Wildman–Crippen MR) is 70.0 cm³/mol. The molecule has 0 aliphatic carbocycles. The van der Waals surface area contributed by atoms with Gasteiger partial charge in [0.1, 0.15) is 5.82 Å². The third kappa shape index (κ3) is 2.80. The lowest BCUT2D eigenvalue weighted by molar-refractivity contribution is 0.400. The molecule has 18 heavy (non-hydrogen) atoms. The summed E-state index contributed by atoms with van der Waals surface area (Å²) in [7, 11) is 1.95. The van der Waals surface area contributed by atoms with Gasteiger partial charge in [-0.25, -0.2) is 4.39 Å². The number of nitrogens with zero attached hydrogens (tertiary/aromatic N) is 2. The minimum absolute atomic E-state index is 0.292. The van der Waals surface area contributed by atoms with Gasteiger partial charge in [-0.1, -0.05) is 0 Å². The van der Waals surface area contributed by atoms with E-state index in [-0.39, 0.29) is 5.82 Å². The minimum Gasteiger partial charge on any atom is -0.369 e. The summed E-state index contributed by atoms with van der Waals surface area (Å²) < 4.78 is 13.9. The Morgan fingerprint density at radius 1 is 1.56 bits per heavy atom. The SMILES string of the molecule is CNCC1CCCN(c2ccc(C#N)cc2F)C1. The van der Waals surface area contributed by atoms with E-state index in [9.17, 15) is 4.39 Å². The van der Waals surface area contributed by atoms with E-state index >= 15 is 0 Å². The van der Waals surface area contributed by atoms with E-state index in [0.717, 1.165) is 26.1 Å². The Bertz CT molecular complexity index is 451. The van der Waals surface area contributed by atoms with E-state index < -0.39 is 0 Å². The zero-order valence-corrected chi connectivity index (χ0v) is 10.6. The Morgan fingerprint density at radius 3 is 3.06 bits per heavy atom. The van der Waals surface area contributed by atoms with Crippen LogP contribution in [0.1, 0.15) is 18.4 Å². The van der Waals surface area contributed by atoms with Crippen molar-refractivity contribution >= 4 is 5.69 Å². The maximum Gasteiger partial charge on any atom is 0.147 e. The second-order valence-electron chi connectivity index (χ2n) is 4.79. The minimum atomic E-state index is -0.292. The maximum atomic E-state index is 13.9. The fourth-order valence-electron chi connectivity index (χ4n) is 2.57. The van der Waals surface area contributed by atoms with Crippen molar-refractivity contribution in [2.75, 3.05) is 31.6 Å². The van der Waals surface area contributed by atoms with Gasteiger partial charge in [0.15, 0.2) is 0 Å². The fraction of sp³-hybridized carbons (Fsp3) is 0.500. The quantitative estimate of drug-likeness (QED) is 0.889. The number of piperidine rings is 1. The highest BCUT2D eigenvalue weighted by Gasteiger charge is 2.21. The van der Waals surface area contributed by atoms with E-state index in [4.69, 9.17) is 5.26 Å². The van der Waals surface area contributed by atoms with E-state index in [2.05, 4.69) is 10.2 Å². The zero-order valence-electron chi connectivity index (χ0n) is 10.6. The van der Waals surface area contributed by atoms with Gasteiger partial charge >= 0.3 is 0 Å². The highest BCUT2D eigenvalue weighted by atomic mass is 19.1. The summed E-state index contributed by atoms with van der Waals surface area (Å²) >= 11 is 0. The Hall–Kier alpha value is -1.60. The number of anilines is 1. The van der Waals surface area contributed by atoms with Gasteiger partial charge < -0.3 is 10.2 Å². The first kappa shape index (κ1) is 12.8. The van der Waals surface area contributed by atoms with Crippen LogP contribution < -0.4 is 10.2 Å². The van der Waals surface area contributed by atoms with Crippen LogP contribution in [0, 0.1) is 23.1 Å². The Morgan fingerprint density at radius 2 is 2.39 bits per heavy atom. The van der Waals surface area contributed by atoms with E-state index in [1.165, 1.54) is 12.5 Å². The molecule has 1 N–H and O–H groups in total. The van der Waals surface area contributed by atoms with Gasteiger partial charge in [0.2, 0.25) is 0 Å². The van der Waals surface area contributed by atoms with E-state index in [1.54, 1.807) is 12.1 Å². The van der Waals surface area contributed by atoms with Crippen LogP contribution in [0.2, 0.25) is 0 Å². The molecule has 1 aliphatic rings. The predicted octanol–water partition coefficient (Wildman–Crippen LogP) is 2.13. The highest BCUT2D eigenvalue weighted by molar-refractivity contribution is 5.51. The van der Waals surface area contributed by atoms with Gasteiger partial charge in [0.25, 0.3) is 0 Å². The lowest BCUT2D eigenvalue weighted by Crippen LogP contribution is -2.39. The fourth-order valence-corrected chi connectivity index (χ4v) is 2.57. The molecular formula is C14H18FN3. The normalized spacial score (nSPS) is 19.6. The zero-order chi connectivity index (χ0) is 13.0. The van der Waals surface area contributed by atoms with Crippen molar-refractivity contribution in [2.24, 2.45) is 5.92 Å². The van der Waals surface area contributed by atoms with Crippen LogP contribution in [0.4, 0.5) is 10.1 Å². The average molecular weight is 247 g/mol. The number of nitriles is 1. The van der Waals surface area contributed by atoms with Crippen LogP contribution in [0.5, 0.6) is 0 Å². The van der Waals surface area contributed by atoms with Crippen LogP contribution in [0.25, 0.3) is 0 Å². The number of rotatable bonds is 3. The standard InChI is InChI=1S/C14H18FN3/c1-17-9-12-3-2-6-18(10-12)14-5-4-11(8-16)7-13(14)15/h4-5,7,12,17H,2-3,6,9-10H2,1H3. The molecule has 1 fully saturated rings. The van der Waals surface area contributed by atoms with Crippen molar-refractivity contribution in [2.45, 2.75) is 12.8 Å². The molecule has 0 radical (unpaired) electrons. The van der Waals surface area contributed by atoms with Gasteiger partial charge in [-0.05, 0) is 50.6 Å². The maximum absolute atomic E-state index is 13.9. The van der Waals surface area contributed by atoms with Crippen molar-refractivity contribution < 1.29 is 4.39 Å². The van der Waals surface area contributed by atoms with Crippen molar-refractivity contribution in [3.05, 3.63) is 29.6 Å². The summed E-state index contributed by atoms with van der Waals surface area (Å²) in [4.78, 5) is 2.09. The van der Waals surface area contributed by atoms with Crippen LogP contribution in [0.15, 0.2) is 18.2 Å². The first-order valence-corrected chi connectivity index (χ1v) is 6.33. The molecule has 0 spiro atoms. The van der Waals surface area contributed by atoms with Gasteiger partial charge in [0.05, 0.1) is 17.3 Å². The molecule has 1 unspecified atom stereocenters. The average Bonchev–Trinajstić information content (AvgIpc) is 2.39. The van der Waals surface area contributed by atoms with Gasteiger partial charge in [-0.3, -0.25) is 0 Å². The lowest BCUT2D eigenvalue weighted by atomic mass is 9.97. The third-order valence-corrected chi connectivity index (χ3v) is 3.43. The molecule has 1 aliphatic heterocycles. The molecule has 1 atom stereocenters. The molecule has 0 bridgehead atoms. The summed E-state index contributed by atoms with van der Waals surface area (Å²) in [6.45, 7) is 2.74.